The van der Waals surface area contributed by atoms with E-state index in [0.29, 0.717) is 6.04 Å². The summed E-state index contributed by atoms with van der Waals surface area (Å²) in [5.74, 6) is 0.224. The first kappa shape index (κ1) is 10.9. The highest BCUT2D eigenvalue weighted by Crippen LogP contribution is 2.28. The molecule has 0 atom stereocenters. The number of piperidine rings is 1. The Balaban J connectivity index is 1.60. The van der Waals surface area contributed by atoms with Gasteiger partial charge in [0.25, 0.3) is 0 Å². The molecule has 1 aliphatic heterocycles. The maximum atomic E-state index is 10.5. The van der Waals surface area contributed by atoms with Gasteiger partial charge in [0.15, 0.2) is 0 Å². The minimum atomic E-state index is -0.709. The quantitative estimate of drug-likeness (QED) is 0.698. The first-order chi connectivity index (χ1) is 7.24. The topological polar surface area (TPSA) is 52.6 Å². The highest BCUT2D eigenvalue weighted by Gasteiger charge is 2.24. The molecular formula is C11H20N2O2. The predicted molar refractivity (Wildman–Crippen MR) is 57.8 cm³/mol. The number of carbonyl (C=O) groups is 1. The fraction of sp³-hybridized carbons (Fsp3) is 0.909. The van der Waals surface area contributed by atoms with Gasteiger partial charge in [-0.05, 0) is 38.1 Å². The number of aliphatic carboxylic acids is 1. The summed E-state index contributed by atoms with van der Waals surface area (Å²) in [7, 11) is 0. The van der Waals surface area contributed by atoms with Crippen LogP contribution in [0.3, 0.4) is 0 Å². The van der Waals surface area contributed by atoms with Crippen LogP contribution in [0.25, 0.3) is 0 Å². The molecule has 2 fully saturated rings. The molecule has 1 heterocycles. The Labute approximate surface area is 90.6 Å². The van der Waals surface area contributed by atoms with Gasteiger partial charge in [0.05, 0.1) is 6.54 Å². The molecular weight excluding hydrogens is 192 g/mol. The summed E-state index contributed by atoms with van der Waals surface area (Å²) >= 11 is 0. The van der Waals surface area contributed by atoms with Crippen LogP contribution in [-0.2, 0) is 4.79 Å². The van der Waals surface area contributed by atoms with Gasteiger partial charge < -0.3 is 10.4 Å². The summed E-state index contributed by atoms with van der Waals surface area (Å²) in [5.41, 5.74) is 0. The minimum absolute atomic E-state index is 0.204. The van der Waals surface area contributed by atoms with Crippen LogP contribution in [0.15, 0.2) is 0 Å². The molecule has 1 aliphatic carbocycles. The Morgan fingerprint density at radius 2 is 1.93 bits per heavy atom. The van der Waals surface area contributed by atoms with Crippen molar-refractivity contribution in [1.82, 2.24) is 10.2 Å². The molecule has 1 saturated heterocycles. The third-order valence-corrected chi connectivity index (χ3v) is 3.34. The molecule has 15 heavy (non-hydrogen) atoms. The predicted octanol–water partition coefficient (Wildman–Crippen LogP) is 0.535. The molecule has 2 aliphatic rings. The van der Waals surface area contributed by atoms with E-state index >= 15 is 0 Å². The monoisotopic (exact) mass is 212 g/mol. The van der Waals surface area contributed by atoms with Crippen molar-refractivity contribution in [2.24, 2.45) is 5.92 Å². The fourth-order valence-corrected chi connectivity index (χ4v) is 2.14. The first-order valence-corrected chi connectivity index (χ1v) is 5.91. The van der Waals surface area contributed by atoms with Crippen molar-refractivity contribution in [1.29, 1.82) is 0 Å². The molecule has 2 N–H and O–H groups in total. The van der Waals surface area contributed by atoms with E-state index in [4.69, 9.17) is 5.11 Å². The van der Waals surface area contributed by atoms with Gasteiger partial charge in [-0.2, -0.15) is 0 Å². The van der Waals surface area contributed by atoms with Crippen molar-refractivity contribution in [3.8, 4) is 0 Å². The normalized spacial score (nSPS) is 24.3. The van der Waals surface area contributed by atoms with Gasteiger partial charge in [-0.1, -0.05) is 0 Å². The number of likely N-dealkylation sites (tertiary alicyclic amines) is 1. The lowest BCUT2D eigenvalue weighted by Crippen LogP contribution is -2.44. The van der Waals surface area contributed by atoms with E-state index in [9.17, 15) is 4.79 Å². The van der Waals surface area contributed by atoms with Crippen LogP contribution in [-0.4, -0.2) is 48.2 Å². The second kappa shape index (κ2) is 4.94. The van der Waals surface area contributed by atoms with Crippen molar-refractivity contribution >= 4 is 5.97 Å². The Bertz CT molecular complexity index is 221. The average molecular weight is 212 g/mol. The van der Waals surface area contributed by atoms with Gasteiger partial charge in [0.2, 0.25) is 0 Å². The summed E-state index contributed by atoms with van der Waals surface area (Å²) in [6, 6.07) is 0.621. The highest BCUT2D eigenvalue weighted by molar-refractivity contribution is 5.69. The van der Waals surface area contributed by atoms with Gasteiger partial charge in [0.1, 0.15) is 0 Å². The van der Waals surface area contributed by atoms with Gasteiger partial charge in [-0.3, -0.25) is 9.69 Å². The molecule has 86 valence electrons. The molecule has 0 bridgehead atoms. The number of hydrogen-bond donors (Lipinski definition) is 2. The zero-order valence-corrected chi connectivity index (χ0v) is 9.11. The maximum Gasteiger partial charge on any atom is 0.317 e. The molecule has 4 heteroatoms. The van der Waals surface area contributed by atoms with E-state index < -0.39 is 5.97 Å². The Hall–Kier alpha value is -0.610. The van der Waals surface area contributed by atoms with E-state index in [-0.39, 0.29) is 6.54 Å². The van der Waals surface area contributed by atoms with Gasteiger partial charge in [0, 0.05) is 19.1 Å². The number of carboxylic acids is 1. The molecule has 0 spiro atoms. The van der Waals surface area contributed by atoms with E-state index in [1.165, 1.54) is 19.4 Å². The molecule has 0 aromatic rings. The Morgan fingerprint density at radius 1 is 1.27 bits per heavy atom. The SMILES string of the molecule is O=C(O)CN1CCC(NCC2CC2)CC1. The maximum absolute atomic E-state index is 10.5. The summed E-state index contributed by atoms with van der Waals surface area (Å²) in [6.07, 6.45) is 4.98. The van der Waals surface area contributed by atoms with Crippen LogP contribution in [0, 0.1) is 5.92 Å². The van der Waals surface area contributed by atoms with E-state index in [0.717, 1.165) is 31.8 Å². The molecule has 0 radical (unpaired) electrons. The van der Waals surface area contributed by atoms with Crippen LogP contribution in [0.2, 0.25) is 0 Å². The van der Waals surface area contributed by atoms with E-state index in [1.807, 2.05) is 4.90 Å². The van der Waals surface area contributed by atoms with Gasteiger partial charge >= 0.3 is 5.97 Å². The number of hydrogen-bond acceptors (Lipinski definition) is 3. The lowest BCUT2D eigenvalue weighted by Gasteiger charge is -2.31. The Morgan fingerprint density at radius 3 is 2.47 bits per heavy atom. The van der Waals surface area contributed by atoms with Crippen molar-refractivity contribution in [3.63, 3.8) is 0 Å². The van der Waals surface area contributed by atoms with Crippen molar-refractivity contribution in [2.75, 3.05) is 26.2 Å². The lowest BCUT2D eigenvalue weighted by molar-refractivity contribution is -0.138. The zero-order valence-electron chi connectivity index (χ0n) is 9.11. The van der Waals surface area contributed by atoms with Crippen molar-refractivity contribution in [2.45, 2.75) is 31.7 Å². The summed E-state index contributed by atoms with van der Waals surface area (Å²) in [5, 5.41) is 12.2. The van der Waals surface area contributed by atoms with Crippen molar-refractivity contribution in [3.05, 3.63) is 0 Å². The van der Waals surface area contributed by atoms with Gasteiger partial charge in [-0.15, -0.1) is 0 Å². The minimum Gasteiger partial charge on any atom is -0.480 e. The second-order valence-electron chi connectivity index (χ2n) is 4.80. The molecule has 4 nitrogen and oxygen atoms in total. The molecule has 0 unspecified atom stereocenters. The third-order valence-electron chi connectivity index (χ3n) is 3.34. The van der Waals surface area contributed by atoms with Crippen LogP contribution in [0.4, 0.5) is 0 Å². The summed E-state index contributed by atoms with van der Waals surface area (Å²) in [4.78, 5) is 12.5. The largest absolute Gasteiger partial charge is 0.480 e. The third kappa shape index (κ3) is 3.80. The molecule has 0 aromatic heterocycles. The first-order valence-electron chi connectivity index (χ1n) is 5.91. The fourth-order valence-electron chi connectivity index (χ4n) is 2.14. The smallest absolute Gasteiger partial charge is 0.317 e. The highest BCUT2D eigenvalue weighted by atomic mass is 16.4. The molecule has 0 aromatic carbocycles. The average Bonchev–Trinajstić information content (AvgIpc) is 2.99. The van der Waals surface area contributed by atoms with Crippen LogP contribution in [0.5, 0.6) is 0 Å². The number of nitrogens with zero attached hydrogens (tertiary/aromatic N) is 1. The van der Waals surface area contributed by atoms with Crippen molar-refractivity contribution < 1.29 is 9.90 Å². The number of nitrogens with one attached hydrogen (secondary N) is 1. The standard InChI is InChI=1S/C11H20N2O2/c14-11(15)8-13-5-3-10(4-6-13)12-7-9-1-2-9/h9-10,12H,1-8H2,(H,14,15). The van der Waals surface area contributed by atoms with E-state index in [2.05, 4.69) is 5.32 Å². The molecule has 0 amide bonds. The number of carboxylic acid groups (broad SMARTS) is 1. The zero-order chi connectivity index (χ0) is 10.7. The molecule has 2 rings (SSSR count). The molecule has 1 saturated carbocycles. The number of rotatable bonds is 5. The van der Waals surface area contributed by atoms with Crippen LogP contribution in [0.1, 0.15) is 25.7 Å². The second-order valence-corrected chi connectivity index (χ2v) is 4.80. The van der Waals surface area contributed by atoms with E-state index in [1.54, 1.807) is 0 Å². The van der Waals surface area contributed by atoms with Crippen LogP contribution >= 0.6 is 0 Å². The Kier molecular flexibility index (Phi) is 3.59. The van der Waals surface area contributed by atoms with Crippen LogP contribution < -0.4 is 5.32 Å². The summed E-state index contributed by atoms with van der Waals surface area (Å²) in [6.45, 7) is 3.22. The summed E-state index contributed by atoms with van der Waals surface area (Å²) < 4.78 is 0. The lowest BCUT2D eigenvalue weighted by atomic mass is 10.0. The van der Waals surface area contributed by atoms with Gasteiger partial charge in [-0.25, -0.2) is 0 Å².